The van der Waals surface area contributed by atoms with Gasteiger partial charge in [0.1, 0.15) is 17.6 Å². The van der Waals surface area contributed by atoms with Gasteiger partial charge in [-0.3, -0.25) is 19.3 Å². The smallest absolute Gasteiger partial charge is 0.410 e. The summed E-state index contributed by atoms with van der Waals surface area (Å²) in [7, 11) is 0. The third-order valence-electron chi connectivity index (χ3n) is 5.96. The number of amides is 1. The molecule has 0 N–H and O–H groups in total. The van der Waals surface area contributed by atoms with Crippen LogP contribution in [0.5, 0.6) is 5.75 Å². The second-order valence-electron chi connectivity index (χ2n) is 8.20. The van der Waals surface area contributed by atoms with Crippen molar-refractivity contribution >= 4 is 22.0 Å². The Kier molecular flexibility index (Phi) is 6.41. The van der Waals surface area contributed by atoms with E-state index in [1.807, 2.05) is 42.5 Å². The maximum Gasteiger partial charge on any atom is 0.415 e. The molecule has 35 heavy (non-hydrogen) atoms. The van der Waals surface area contributed by atoms with Gasteiger partial charge in [0.05, 0.1) is 24.1 Å². The molecule has 0 saturated carbocycles. The van der Waals surface area contributed by atoms with Crippen molar-refractivity contribution in [2.24, 2.45) is 0 Å². The van der Waals surface area contributed by atoms with Gasteiger partial charge in [-0.2, -0.15) is 0 Å². The molecule has 5 rings (SSSR count). The lowest BCUT2D eigenvalue weighted by Crippen LogP contribution is -2.43. The minimum atomic E-state index is -0.469. The molecular weight excluding hydrogens is 510 g/mol. The van der Waals surface area contributed by atoms with Crippen LogP contribution in [-0.4, -0.2) is 37.1 Å². The van der Waals surface area contributed by atoms with E-state index in [1.165, 1.54) is 0 Å². The summed E-state index contributed by atoms with van der Waals surface area (Å²) in [5.41, 5.74) is 2.63. The van der Waals surface area contributed by atoms with E-state index in [1.54, 1.807) is 47.1 Å². The Morgan fingerprint density at radius 3 is 2.57 bits per heavy atom. The monoisotopic (exact) mass is 531 g/mol. The maximum atomic E-state index is 13.8. The first-order valence-corrected chi connectivity index (χ1v) is 11.9. The Bertz CT molecular complexity index is 1370. The number of hydrogen-bond donors (Lipinski definition) is 0. The van der Waals surface area contributed by atoms with Crippen molar-refractivity contribution in [3.8, 4) is 5.75 Å². The molecule has 0 fully saturated rings. The number of benzene rings is 2. The van der Waals surface area contributed by atoms with E-state index in [2.05, 4.69) is 25.9 Å². The van der Waals surface area contributed by atoms with Gasteiger partial charge < -0.3 is 9.64 Å². The summed E-state index contributed by atoms with van der Waals surface area (Å²) in [6.07, 6.45) is 4.81. The van der Waals surface area contributed by atoms with E-state index >= 15 is 0 Å². The SMILES string of the molecule is Cc1nc2c(c(=O)n1C(c1ccccc1)c1cnccn1)CCN(C(=O)Oc1ccc(Br)cc1)C2. The molecule has 2 aromatic heterocycles. The predicted octanol–water partition coefficient (Wildman–Crippen LogP) is 4.30. The summed E-state index contributed by atoms with van der Waals surface area (Å²) in [5.74, 6) is 0.995. The zero-order chi connectivity index (χ0) is 24.4. The molecule has 1 aliphatic heterocycles. The van der Waals surface area contributed by atoms with Crippen LogP contribution in [0.2, 0.25) is 0 Å². The summed E-state index contributed by atoms with van der Waals surface area (Å²) in [6.45, 7) is 2.37. The fourth-order valence-electron chi connectivity index (χ4n) is 4.29. The van der Waals surface area contributed by atoms with Crippen LogP contribution in [0.4, 0.5) is 4.79 Å². The fourth-order valence-corrected chi connectivity index (χ4v) is 4.55. The van der Waals surface area contributed by atoms with Crippen molar-refractivity contribution in [1.82, 2.24) is 24.4 Å². The lowest BCUT2D eigenvalue weighted by atomic mass is 10.0. The molecule has 3 heterocycles. The third kappa shape index (κ3) is 4.72. The van der Waals surface area contributed by atoms with E-state index < -0.39 is 12.1 Å². The van der Waals surface area contributed by atoms with Gasteiger partial charge in [0, 0.05) is 29.0 Å². The third-order valence-corrected chi connectivity index (χ3v) is 6.49. The van der Waals surface area contributed by atoms with Crippen molar-refractivity contribution in [2.75, 3.05) is 6.54 Å². The minimum absolute atomic E-state index is 0.132. The molecule has 8 nitrogen and oxygen atoms in total. The molecule has 0 aliphatic carbocycles. The van der Waals surface area contributed by atoms with Gasteiger partial charge in [0.15, 0.2) is 0 Å². The first-order valence-electron chi connectivity index (χ1n) is 11.2. The predicted molar refractivity (Wildman–Crippen MR) is 133 cm³/mol. The van der Waals surface area contributed by atoms with Crippen LogP contribution in [0.25, 0.3) is 0 Å². The zero-order valence-electron chi connectivity index (χ0n) is 19.0. The van der Waals surface area contributed by atoms with Crippen LogP contribution >= 0.6 is 15.9 Å². The fraction of sp³-hybridized carbons (Fsp3) is 0.192. The van der Waals surface area contributed by atoms with E-state index in [4.69, 9.17) is 9.72 Å². The standard InChI is InChI=1S/C26H22BrN5O3/c1-17-30-23-16-31(26(34)35-20-9-7-19(27)8-10-20)14-11-21(23)25(33)32(17)24(18-5-3-2-4-6-18)22-15-28-12-13-29-22/h2-10,12-13,15,24H,11,14,16H2,1H3. The molecule has 1 atom stereocenters. The highest BCUT2D eigenvalue weighted by Crippen LogP contribution is 2.26. The first kappa shape index (κ1) is 22.9. The average molecular weight is 532 g/mol. The van der Waals surface area contributed by atoms with Crippen molar-refractivity contribution < 1.29 is 9.53 Å². The van der Waals surface area contributed by atoms with Gasteiger partial charge in [-0.15, -0.1) is 0 Å². The second kappa shape index (κ2) is 9.79. The molecule has 176 valence electrons. The second-order valence-corrected chi connectivity index (χ2v) is 9.11. The van der Waals surface area contributed by atoms with Crippen LogP contribution in [0.3, 0.4) is 0 Å². The van der Waals surface area contributed by atoms with Gasteiger partial charge in [-0.25, -0.2) is 9.78 Å². The van der Waals surface area contributed by atoms with E-state index in [0.29, 0.717) is 41.5 Å². The molecular formula is C26H22BrN5O3. The van der Waals surface area contributed by atoms with Gasteiger partial charge in [-0.1, -0.05) is 46.3 Å². The first-order chi connectivity index (χ1) is 17.0. The molecule has 0 bridgehead atoms. The highest BCUT2D eigenvalue weighted by atomic mass is 79.9. The van der Waals surface area contributed by atoms with Gasteiger partial charge in [-0.05, 0) is 43.2 Å². The molecule has 0 saturated heterocycles. The quantitative estimate of drug-likeness (QED) is 0.390. The Labute approximate surface area is 210 Å². The highest BCUT2D eigenvalue weighted by Gasteiger charge is 2.29. The van der Waals surface area contributed by atoms with E-state index in [9.17, 15) is 9.59 Å². The van der Waals surface area contributed by atoms with Gasteiger partial charge in [0.25, 0.3) is 5.56 Å². The topological polar surface area (TPSA) is 90.2 Å². The molecule has 2 aromatic carbocycles. The van der Waals surface area contributed by atoms with Crippen molar-refractivity contribution in [3.05, 3.63) is 116 Å². The molecule has 1 unspecified atom stereocenters. The number of ether oxygens (including phenoxy) is 1. The normalized spacial score (nSPS) is 13.7. The Morgan fingerprint density at radius 1 is 1.09 bits per heavy atom. The number of fused-ring (bicyclic) bond motifs is 1. The summed E-state index contributed by atoms with van der Waals surface area (Å²) in [5, 5.41) is 0. The molecule has 9 heteroatoms. The van der Waals surface area contributed by atoms with Crippen molar-refractivity contribution in [1.29, 1.82) is 0 Å². The summed E-state index contributed by atoms with van der Waals surface area (Å²) < 4.78 is 8.07. The molecule has 0 spiro atoms. The summed E-state index contributed by atoms with van der Waals surface area (Å²) in [6, 6.07) is 16.3. The summed E-state index contributed by atoms with van der Waals surface area (Å²) >= 11 is 3.37. The Balaban J connectivity index is 1.48. The number of carbonyl (C=O) groups excluding carboxylic acids is 1. The van der Waals surface area contributed by atoms with Crippen LogP contribution in [0.15, 0.2) is 82.5 Å². The van der Waals surface area contributed by atoms with Crippen LogP contribution in [0.1, 0.15) is 34.4 Å². The molecule has 1 aliphatic rings. The number of rotatable bonds is 4. The van der Waals surface area contributed by atoms with Crippen molar-refractivity contribution in [3.63, 3.8) is 0 Å². The Hall–Kier alpha value is -3.85. The zero-order valence-corrected chi connectivity index (χ0v) is 20.6. The van der Waals surface area contributed by atoms with Gasteiger partial charge >= 0.3 is 6.09 Å². The molecule has 1 amide bonds. The van der Waals surface area contributed by atoms with Crippen LogP contribution in [-0.2, 0) is 13.0 Å². The van der Waals surface area contributed by atoms with Crippen molar-refractivity contribution in [2.45, 2.75) is 25.9 Å². The number of hydrogen-bond acceptors (Lipinski definition) is 6. The van der Waals surface area contributed by atoms with E-state index in [0.717, 1.165) is 10.0 Å². The number of aromatic nitrogens is 4. The highest BCUT2D eigenvalue weighted by molar-refractivity contribution is 9.10. The maximum absolute atomic E-state index is 13.8. The largest absolute Gasteiger partial charge is 0.415 e. The number of aryl methyl sites for hydroxylation is 1. The van der Waals surface area contributed by atoms with Crippen LogP contribution < -0.4 is 10.3 Å². The number of carbonyl (C=O) groups is 1. The molecule has 4 aromatic rings. The Morgan fingerprint density at radius 2 is 1.86 bits per heavy atom. The van der Waals surface area contributed by atoms with Gasteiger partial charge in [0.2, 0.25) is 0 Å². The number of nitrogens with zero attached hydrogens (tertiary/aromatic N) is 5. The minimum Gasteiger partial charge on any atom is -0.410 e. The average Bonchev–Trinajstić information content (AvgIpc) is 2.88. The van der Waals surface area contributed by atoms with E-state index in [-0.39, 0.29) is 12.1 Å². The summed E-state index contributed by atoms with van der Waals surface area (Å²) in [4.78, 5) is 41.5. The van der Waals surface area contributed by atoms with Crippen LogP contribution in [0, 0.1) is 6.92 Å². The lowest BCUT2D eigenvalue weighted by Gasteiger charge is -2.29. The molecule has 0 radical (unpaired) electrons. The lowest BCUT2D eigenvalue weighted by molar-refractivity contribution is 0.145. The number of halogens is 1.